The van der Waals surface area contributed by atoms with E-state index < -0.39 is 13.6 Å². The van der Waals surface area contributed by atoms with E-state index in [-0.39, 0.29) is 5.75 Å². The molecule has 0 spiro atoms. The zero-order valence-electron chi connectivity index (χ0n) is 12.2. The number of allylic oxidation sites excluding steroid dienone is 2. The Morgan fingerprint density at radius 1 is 1.08 bits per heavy atom. The summed E-state index contributed by atoms with van der Waals surface area (Å²) in [5, 5.41) is 0. The van der Waals surface area contributed by atoms with Crippen molar-refractivity contribution in [1.29, 1.82) is 0 Å². The van der Waals surface area contributed by atoms with Crippen molar-refractivity contribution in [2.24, 2.45) is 0 Å². The van der Waals surface area contributed by atoms with Crippen molar-refractivity contribution in [1.82, 2.24) is 4.48 Å². The van der Waals surface area contributed by atoms with E-state index in [1.807, 2.05) is 0 Å². The van der Waals surface area contributed by atoms with Gasteiger partial charge in [0.15, 0.2) is 5.70 Å². The van der Waals surface area contributed by atoms with E-state index in [0.717, 1.165) is 8.96 Å². The SMILES string of the molecule is FC(F)Oc1ccc(C2=C3C=CC=[N+]3[B-](F)(F)n3cccc32)cc1. The summed E-state index contributed by atoms with van der Waals surface area (Å²) in [4.78, 5) is 0. The van der Waals surface area contributed by atoms with Crippen molar-refractivity contribution in [3.05, 3.63) is 71.7 Å². The van der Waals surface area contributed by atoms with Gasteiger partial charge in [-0.3, -0.25) is 0 Å². The van der Waals surface area contributed by atoms with Gasteiger partial charge in [-0.15, -0.1) is 0 Å². The number of fused-ring (bicyclic) bond motifs is 2. The van der Waals surface area contributed by atoms with Crippen LogP contribution in [0, 0.1) is 0 Å². The molecule has 0 unspecified atom stereocenters. The van der Waals surface area contributed by atoms with E-state index in [9.17, 15) is 17.4 Å². The molecule has 1 aromatic heterocycles. The van der Waals surface area contributed by atoms with Gasteiger partial charge in [0.1, 0.15) is 12.0 Å². The molecule has 8 heteroatoms. The first-order valence-corrected chi connectivity index (χ1v) is 7.27. The highest BCUT2D eigenvalue weighted by molar-refractivity contribution is 6.57. The third-order valence-electron chi connectivity index (χ3n) is 4.11. The molecular formula is C16H11BF4N2O. The third kappa shape index (κ3) is 2.10. The topological polar surface area (TPSA) is 17.2 Å². The van der Waals surface area contributed by atoms with Crippen LogP contribution in [0.4, 0.5) is 17.4 Å². The molecule has 1 aromatic carbocycles. The van der Waals surface area contributed by atoms with Gasteiger partial charge in [-0.25, -0.2) is 0 Å². The number of hydrogen-bond donors (Lipinski definition) is 0. The quantitative estimate of drug-likeness (QED) is 0.617. The van der Waals surface area contributed by atoms with Crippen LogP contribution < -0.4 is 4.74 Å². The molecule has 0 radical (unpaired) electrons. The number of halogens is 4. The molecule has 0 aliphatic carbocycles. The molecule has 0 atom stereocenters. The van der Waals surface area contributed by atoms with Crippen LogP contribution in [-0.4, -0.2) is 28.8 Å². The van der Waals surface area contributed by atoms with Gasteiger partial charge in [-0.05, 0) is 36.0 Å². The predicted octanol–water partition coefficient (Wildman–Crippen LogP) is 3.74. The number of rotatable bonds is 3. The minimum absolute atomic E-state index is 0.0190. The standard InChI is InChI=1S/C16H11BF4N2O/c18-16(19)24-12-7-5-11(6-8-12)15-13-3-1-9-22(13)17(20,21)23-10-2-4-14(15)23/h1-10,16H. The molecule has 0 saturated carbocycles. The molecule has 3 nitrogen and oxygen atoms in total. The lowest BCUT2D eigenvalue weighted by molar-refractivity contribution is -0.356. The van der Waals surface area contributed by atoms with Crippen molar-refractivity contribution >= 4 is 18.8 Å². The first kappa shape index (κ1) is 14.8. The lowest BCUT2D eigenvalue weighted by atomic mass is 9.86. The summed E-state index contributed by atoms with van der Waals surface area (Å²) in [6.45, 7) is -6.85. The molecule has 4 rings (SSSR count). The van der Waals surface area contributed by atoms with Gasteiger partial charge in [0.2, 0.25) is 0 Å². The van der Waals surface area contributed by atoms with Crippen molar-refractivity contribution in [3.8, 4) is 5.75 Å². The van der Waals surface area contributed by atoms with Crippen LogP contribution in [0.5, 0.6) is 5.75 Å². The van der Waals surface area contributed by atoms with Gasteiger partial charge in [0.05, 0.1) is 5.57 Å². The van der Waals surface area contributed by atoms with Gasteiger partial charge in [-0.2, -0.15) is 8.78 Å². The number of ether oxygens (including phenoxy) is 1. The normalized spacial score (nSPS) is 17.8. The van der Waals surface area contributed by atoms with Crippen LogP contribution in [0.3, 0.4) is 0 Å². The van der Waals surface area contributed by atoms with E-state index in [1.54, 1.807) is 36.4 Å². The summed E-state index contributed by atoms with van der Waals surface area (Å²) in [5.41, 5.74) is 2.02. The van der Waals surface area contributed by atoms with Gasteiger partial charge in [0, 0.05) is 17.8 Å². The zero-order chi connectivity index (χ0) is 16.9. The van der Waals surface area contributed by atoms with Crippen LogP contribution in [0.15, 0.2) is 60.4 Å². The van der Waals surface area contributed by atoms with Crippen LogP contribution in [0.2, 0.25) is 0 Å². The Hall–Kier alpha value is -2.77. The minimum atomic E-state index is -3.95. The molecule has 0 saturated heterocycles. The van der Waals surface area contributed by atoms with Gasteiger partial charge >= 0.3 is 13.6 Å². The molecule has 122 valence electrons. The molecule has 2 aliphatic heterocycles. The summed E-state index contributed by atoms with van der Waals surface area (Å²) in [7, 11) is 0. The fourth-order valence-corrected chi connectivity index (χ4v) is 3.12. The van der Waals surface area contributed by atoms with Gasteiger partial charge < -0.3 is 22.3 Å². The molecule has 3 heterocycles. The maximum absolute atomic E-state index is 14.6. The highest BCUT2D eigenvalue weighted by Gasteiger charge is 2.51. The Balaban J connectivity index is 1.86. The molecule has 24 heavy (non-hydrogen) atoms. The predicted molar refractivity (Wildman–Crippen MR) is 82.4 cm³/mol. The van der Waals surface area contributed by atoms with Crippen molar-refractivity contribution in [2.75, 3.05) is 0 Å². The van der Waals surface area contributed by atoms with Gasteiger partial charge in [-0.1, -0.05) is 12.1 Å². The summed E-state index contributed by atoms with van der Waals surface area (Å²) < 4.78 is 60.0. The average Bonchev–Trinajstić information content (AvgIpc) is 3.18. The zero-order valence-corrected chi connectivity index (χ0v) is 12.2. The van der Waals surface area contributed by atoms with Crippen LogP contribution >= 0.6 is 0 Å². The fourth-order valence-electron chi connectivity index (χ4n) is 3.12. The van der Waals surface area contributed by atoms with E-state index in [1.165, 1.54) is 24.5 Å². The summed E-state index contributed by atoms with van der Waals surface area (Å²) >= 11 is 0. The van der Waals surface area contributed by atoms with E-state index in [4.69, 9.17) is 0 Å². The molecule has 0 N–H and O–H groups in total. The van der Waals surface area contributed by atoms with Crippen molar-refractivity contribution < 1.29 is 26.6 Å². The Morgan fingerprint density at radius 3 is 2.54 bits per heavy atom. The maximum Gasteiger partial charge on any atom is 0.737 e. The average molecular weight is 334 g/mol. The van der Waals surface area contributed by atoms with Gasteiger partial charge in [0.25, 0.3) is 0 Å². The Labute approximate surface area is 134 Å². The number of benzene rings is 1. The Morgan fingerprint density at radius 2 is 1.83 bits per heavy atom. The second-order valence-electron chi connectivity index (χ2n) is 5.47. The monoisotopic (exact) mass is 334 g/mol. The Kier molecular flexibility index (Phi) is 3.16. The first-order chi connectivity index (χ1) is 11.5. The second-order valence-corrected chi connectivity index (χ2v) is 5.47. The molecule has 0 amide bonds. The highest BCUT2D eigenvalue weighted by atomic mass is 19.3. The van der Waals surface area contributed by atoms with E-state index in [2.05, 4.69) is 4.74 Å². The van der Waals surface area contributed by atoms with Crippen LogP contribution in [0.1, 0.15) is 11.3 Å². The lowest BCUT2D eigenvalue weighted by Crippen LogP contribution is -2.49. The number of alkyl halides is 2. The highest BCUT2D eigenvalue weighted by Crippen LogP contribution is 2.38. The Bertz CT molecular complexity index is 897. The molecular weight excluding hydrogens is 323 g/mol. The summed E-state index contributed by atoms with van der Waals surface area (Å²) in [5.74, 6) is 0.0190. The lowest BCUT2D eigenvalue weighted by Gasteiger charge is -2.30. The van der Waals surface area contributed by atoms with Crippen LogP contribution in [-0.2, 0) is 0 Å². The van der Waals surface area contributed by atoms with Crippen molar-refractivity contribution in [3.63, 3.8) is 0 Å². The molecule has 0 fully saturated rings. The second kappa shape index (κ2) is 5.12. The smallest absolute Gasteiger partial charge is 0.435 e. The van der Waals surface area contributed by atoms with E-state index >= 15 is 0 Å². The van der Waals surface area contributed by atoms with E-state index in [0.29, 0.717) is 22.5 Å². The number of hydrogen-bond acceptors (Lipinski definition) is 1. The van der Waals surface area contributed by atoms with Crippen LogP contribution in [0.25, 0.3) is 5.57 Å². The van der Waals surface area contributed by atoms with Crippen molar-refractivity contribution in [2.45, 2.75) is 6.61 Å². The summed E-state index contributed by atoms with van der Waals surface area (Å²) in [6, 6.07) is 9.13. The minimum Gasteiger partial charge on any atom is -0.435 e. The fraction of sp³-hybridized carbons (Fsp3) is 0.0625. The first-order valence-electron chi connectivity index (χ1n) is 7.27. The number of aromatic nitrogens is 1. The summed E-state index contributed by atoms with van der Waals surface area (Å²) in [6.07, 6.45) is 5.86. The molecule has 2 aliphatic rings. The maximum atomic E-state index is 14.6. The molecule has 0 bridgehead atoms. The number of nitrogens with zero attached hydrogens (tertiary/aromatic N) is 2. The largest absolute Gasteiger partial charge is 0.737 e. The molecule has 2 aromatic rings. The third-order valence-corrected chi connectivity index (χ3v) is 4.11.